The second kappa shape index (κ2) is 11.7. The number of nitriles is 1. The predicted molar refractivity (Wildman–Crippen MR) is 119 cm³/mol. The minimum atomic E-state index is -5.26. The molecule has 1 fully saturated rings. The number of nitrogens with zero attached hydrogens (tertiary/aromatic N) is 3. The summed E-state index contributed by atoms with van der Waals surface area (Å²) in [5.41, 5.74) is -3.82. The van der Waals surface area contributed by atoms with Gasteiger partial charge in [0.1, 0.15) is 0 Å². The smallest absolute Gasteiger partial charge is 0.357 e. The van der Waals surface area contributed by atoms with Crippen LogP contribution in [0.5, 0.6) is 0 Å². The summed E-state index contributed by atoms with van der Waals surface area (Å²) in [4.78, 5) is 4.46. The van der Waals surface area contributed by atoms with Crippen molar-refractivity contribution in [1.82, 2.24) is 14.9 Å². The molecule has 1 heterocycles. The van der Waals surface area contributed by atoms with Gasteiger partial charge in [-0.1, -0.05) is 12.1 Å². The molecule has 0 radical (unpaired) electrons. The normalized spacial score (nSPS) is 16.4. The summed E-state index contributed by atoms with van der Waals surface area (Å²) in [5.74, 6) is 0.598. The minimum Gasteiger partial charge on any atom is -0.357 e. The van der Waals surface area contributed by atoms with Crippen LogP contribution in [0.15, 0.2) is 29.3 Å². The lowest BCUT2D eigenvalue weighted by atomic mass is 9.98. The van der Waals surface area contributed by atoms with Gasteiger partial charge in [0.2, 0.25) is 0 Å². The summed E-state index contributed by atoms with van der Waals surface area (Å²) in [6, 6.07) is 9.19. The molecule has 1 aliphatic rings. The van der Waals surface area contributed by atoms with Crippen LogP contribution in [0.4, 0.5) is 13.2 Å². The number of benzene rings is 1. The monoisotopic (exact) mass is 559 g/mol. The van der Waals surface area contributed by atoms with Gasteiger partial charge in [-0.15, -0.1) is 24.0 Å². The zero-order chi connectivity index (χ0) is 21.5. The van der Waals surface area contributed by atoms with Crippen LogP contribution < -0.4 is 10.6 Å². The largest absolute Gasteiger partial charge is 0.511 e. The van der Waals surface area contributed by atoms with Crippen LogP contribution in [0.2, 0.25) is 0 Å². The fourth-order valence-electron chi connectivity index (χ4n) is 2.99. The first-order chi connectivity index (χ1) is 13.7. The van der Waals surface area contributed by atoms with Gasteiger partial charge in [-0.05, 0) is 43.4 Å². The van der Waals surface area contributed by atoms with E-state index in [2.05, 4.69) is 21.7 Å². The number of hydrogen-bond acceptors (Lipinski definition) is 4. The van der Waals surface area contributed by atoms with Gasteiger partial charge in [-0.25, -0.2) is 13.4 Å². The number of rotatable bonds is 6. The summed E-state index contributed by atoms with van der Waals surface area (Å²) in [6.07, 6.45) is 0.678. The lowest BCUT2D eigenvalue weighted by molar-refractivity contribution is -0.0496. The highest BCUT2D eigenvalue weighted by molar-refractivity contribution is 14.0. The van der Waals surface area contributed by atoms with Crippen LogP contribution in [0.1, 0.15) is 30.9 Å². The predicted octanol–water partition coefficient (Wildman–Crippen LogP) is 2.79. The molecule has 168 valence electrons. The molecule has 0 aliphatic carbocycles. The molecule has 1 aromatic carbocycles. The van der Waals surface area contributed by atoms with Crippen molar-refractivity contribution in [3.05, 3.63) is 35.4 Å². The zero-order valence-corrected chi connectivity index (χ0v) is 19.6. The standard InChI is InChI=1S/C18H24F3N5O2S.HI/c1-2-23-17(25-13-16-5-3-4-15(10-16)11-22)24-12-14-6-8-26(9-7-14)29(27,28)18(19,20)21;/h3-5,10,14H,2,6-9,12-13H2,1H3,(H2,23,24,25);1H. The fourth-order valence-corrected chi connectivity index (χ4v) is 3.98. The van der Waals surface area contributed by atoms with Gasteiger partial charge in [0, 0.05) is 26.2 Å². The van der Waals surface area contributed by atoms with Crippen molar-refractivity contribution < 1.29 is 21.6 Å². The average molecular weight is 559 g/mol. The number of sulfonamides is 1. The second-order valence-electron chi connectivity index (χ2n) is 6.68. The molecule has 2 rings (SSSR count). The highest BCUT2D eigenvalue weighted by Gasteiger charge is 2.50. The molecule has 1 saturated heterocycles. The summed E-state index contributed by atoms with van der Waals surface area (Å²) >= 11 is 0. The van der Waals surface area contributed by atoms with E-state index in [-0.39, 0.29) is 43.0 Å². The van der Waals surface area contributed by atoms with Crippen molar-refractivity contribution in [2.45, 2.75) is 31.8 Å². The third-order valence-corrected chi connectivity index (χ3v) is 6.21. The number of nitrogens with one attached hydrogen (secondary N) is 2. The van der Waals surface area contributed by atoms with Crippen LogP contribution in [-0.2, 0) is 16.6 Å². The van der Waals surface area contributed by atoms with Gasteiger partial charge in [0.15, 0.2) is 5.96 Å². The topological polar surface area (TPSA) is 97.6 Å². The van der Waals surface area contributed by atoms with Crippen molar-refractivity contribution >= 4 is 40.0 Å². The Hall–Kier alpha value is -1.59. The maximum absolute atomic E-state index is 12.6. The van der Waals surface area contributed by atoms with E-state index in [0.717, 1.165) is 5.56 Å². The third-order valence-electron chi connectivity index (χ3n) is 4.58. The maximum Gasteiger partial charge on any atom is 0.511 e. The molecule has 2 N–H and O–H groups in total. The Balaban J connectivity index is 0.00000450. The summed E-state index contributed by atoms with van der Waals surface area (Å²) in [5, 5.41) is 15.2. The molecule has 0 unspecified atom stereocenters. The van der Waals surface area contributed by atoms with Gasteiger partial charge >= 0.3 is 15.5 Å². The molecular formula is C18H25F3IN5O2S. The lowest BCUT2D eigenvalue weighted by Crippen LogP contribution is -2.47. The average Bonchev–Trinajstić information content (AvgIpc) is 2.69. The molecule has 30 heavy (non-hydrogen) atoms. The molecule has 0 bridgehead atoms. The van der Waals surface area contributed by atoms with E-state index in [1.807, 2.05) is 13.0 Å². The van der Waals surface area contributed by atoms with E-state index in [4.69, 9.17) is 5.26 Å². The lowest BCUT2D eigenvalue weighted by Gasteiger charge is -2.31. The molecule has 12 heteroatoms. The van der Waals surface area contributed by atoms with E-state index in [9.17, 15) is 21.6 Å². The first-order valence-electron chi connectivity index (χ1n) is 9.25. The van der Waals surface area contributed by atoms with Crippen molar-refractivity contribution in [3.8, 4) is 6.07 Å². The number of piperidine rings is 1. The van der Waals surface area contributed by atoms with Gasteiger partial charge in [-0.2, -0.15) is 22.7 Å². The summed E-state index contributed by atoms with van der Waals surface area (Å²) < 4.78 is 61.4. The van der Waals surface area contributed by atoms with E-state index in [1.165, 1.54) is 0 Å². The van der Waals surface area contributed by atoms with E-state index in [0.29, 0.717) is 48.3 Å². The molecule has 0 atom stereocenters. The fraction of sp³-hybridized carbons (Fsp3) is 0.556. The molecule has 1 aromatic rings. The third kappa shape index (κ3) is 7.28. The Bertz CT molecular complexity index is 863. The molecule has 0 amide bonds. The molecule has 1 aliphatic heterocycles. The maximum atomic E-state index is 12.6. The Morgan fingerprint density at radius 1 is 1.30 bits per heavy atom. The van der Waals surface area contributed by atoms with E-state index in [1.54, 1.807) is 18.2 Å². The van der Waals surface area contributed by atoms with E-state index < -0.39 is 15.5 Å². The summed E-state index contributed by atoms with van der Waals surface area (Å²) in [7, 11) is -5.25. The van der Waals surface area contributed by atoms with Crippen LogP contribution in [0.25, 0.3) is 0 Å². The van der Waals surface area contributed by atoms with Crippen molar-refractivity contribution in [2.24, 2.45) is 10.9 Å². The number of halogens is 4. The van der Waals surface area contributed by atoms with Crippen molar-refractivity contribution in [2.75, 3.05) is 26.2 Å². The first kappa shape index (κ1) is 26.4. The summed E-state index contributed by atoms with van der Waals surface area (Å²) in [6.45, 7) is 3.09. The zero-order valence-electron chi connectivity index (χ0n) is 16.4. The SMILES string of the molecule is CCNC(=NCc1cccc(C#N)c1)NCC1CCN(S(=O)(=O)C(F)(F)F)CC1.I. The molecule has 0 aromatic heterocycles. The van der Waals surface area contributed by atoms with Crippen molar-refractivity contribution in [1.29, 1.82) is 5.26 Å². The van der Waals surface area contributed by atoms with Crippen LogP contribution in [0.3, 0.4) is 0 Å². The molecular weight excluding hydrogens is 534 g/mol. The second-order valence-corrected chi connectivity index (χ2v) is 8.61. The number of alkyl halides is 3. The van der Waals surface area contributed by atoms with Gasteiger partial charge < -0.3 is 10.6 Å². The van der Waals surface area contributed by atoms with Crippen molar-refractivity contribution in [3.63, 3.8) is 0 Å². The van der Waals surface area contributed by atoms with Gasteiger partial charge in [0.25, 0.3) is 0 Å². The van der Waals surface area contributed by atoms with Crippen LogP contribution in [0, 0.1) is 17.2 Å². The quantitative estimate of drug-likeness (QED) is 0.318. The Kier molecular flexibility index (Phi) is 10.3. The molecule has 0 saturated carbocycles. The number of guanidine groups is 1. The number of hydrogen-bond donors (Lipinski definition) is 2. The highest BCUT2D eigenvalue weighted by atomic mass is 127. The first-order valence-corrected chi connectivity index (χ1v) is 10.7. The van der Waals surface area contributed by atoms with Gasteiger partial charge in [0.05, 0.1) is 18.2 Å². The molecule has 0 spiro atoms. The van der Waals surface area contributed by atoms with Gasteiger partial charge in [-0.3, -0.25) is 0 Å². The Morgan fingerprint density at radius 2 is 1.97 bits per heavy atom. The minimum absolute atomic E-state index is 0. The van der Waals surface area contributed by atoms with E-state index >= 15 is 0 Å². The molecule has 7 nitrogen and oxygen atoms in total. The Labute approximate surface area is 191 Å². The number of aliphatic imine (C=N–C) groups is 1. The highest BCUT2D eigenvalue weighted by Crippen LogP contribution is 2.30. The van der Waals surface area contributed by atoms with Crippen LogP contribution in [-0.4, -0.2) is 50.4 Å². The Morgan fingerprint density at radius 3 is 2.53 bits per heavy atom. The van der Waals surface area contributed by atoms with Crippen LogP contribution >= 0.6 is 24.0 Å².